The number of likely N-dealkylation sites (N-methyl/N-ethyl adjacent to an activating group) is 1. The lowest BCUT2D eigenvalue weighted by atomic mass is 9.95. The summed E-state index contributed by atoms with van der Waals surface area (Å²) in [5.74, 6) is 0.241. The summed E-state index contributed by atoms with van der Waals surface area (Å²) in [7, 11) is 4.13. The molecule has 1 aromatic rings. The fourth-order valence-electron chi connectivity index (χ4n) is 2.85. The largest absolute Gasteiger partial charge is 0.342 e. The van der Waals surface area contributed by atoms with E-state index < -0.39 is 0 Å². The average Bonchev–Trinajstić information content (AvgIpc) is 2.50. The summed E-state index contributed by atoms with van der Waals surface area (Å²) in [6, 6.07) is 8.32. The molecule has 0 saturated carbocycles. The highest BCUT2D eigenvalue weighted by Crippen LogP contribution is 2.17. The smallest absolute Gasteiger partial charge is 0.240 e. The van der Waals surface area contributed by atoms with Crippen LogP contribution in [0.2, 0.25) is 0 Å². The van der Waals surface area contributed by atoms with E-state index in [-0.39, 0.29) is 11.9 Å². The maximum atomic E-state index is 12.7. The van der Waals surface area contributed by atoms with Gasteiger partial charge in [0, 0.05) is 19.6 Å². The van der Waals surface area contributed by atoms with Crippen LogP contribution in [-0.4, -0.2) is 55.5 Å². The van der Waals surface area contributed by atoms with Crippen LogP contribution >= 0.6 is 0 Å². The number of benzene rings is 1. The Morgan fingerprint density at radius 3 is 2.62 bits per heavy atom. The third-order valence-corrected chi connectivity index (χ3v) is 4.11. The predicted molar refractivity (Wildman–Crippen MR) is 86.2 cm³/mol. The summed E-state index contributed by atoms with van der Waals surface area (Å²) >= 11 is 0. The Bertz CT molecular complexity index is 473. The van der Waals surface area contributed by atoms with Gasteiger partial charge in [0.15, 0.2) is 0 Å². The summed E-state index contributed by atoms with van der Waals surface area (Å²) in [6.07, 6.45) is 1.83. The van der Waals surface area contributed by atoms with Crippen molar-refractivity contribution in [2.75, 3.05) is 33.7 Å². The molecule has 4 heteroatoms. The van der Waals surface area contributed by atoms with E-state index in [1.54, 1.807) is 0 Å². The van der Waals surface area contributed by atoms with Crippen molar-refractivity contribution in [3.63, 3.8) is 0 Å². The minimum Gasteiger partial charge on any atom is -0.342 e. The first-order chi connectivity index (χ1) is 10.1. The number of amides is 1. The van der Waals surface area contributed by atoms with Crippen molar-refractivity contribution in [2.45, 2.75) is 32.4 Å². The second-order valence-electron chi connectivity index (χ2n) is 5.98. The third-order valence-electron chi connectivity index (χ3n) is 4.11. The van der Waals surface area contributed by atoms with E-state index in [0.717, 1.165) is 39.0 Å². The minimum atomic E-state index is -0.0702. The first kappa shape index (κ1) is 16.0. The lowest BCUT2D eigenvalue weighted by molar-refractivity contribution is -0.133. The molecule has 1 aliphatic heterocycles. The Labute approximate surface area is 128 Å². The van der Waals surface area contributed by atoms with Gasteiger partial charge in [-0.25, -0.2) is 0 Å². The van der Waals surface area contributed by atoms with Crippen LogP contribution in [0.1, 0.15) is 24.5 Å². The van der Waals surface area contributed by atoms with Crippen LogP contribution in [0.4, 0.5) is 0 Å². The molecular formula is C17H27N3O. The van der Waals surface area contributed by atoms with Crippen LogP contribution in [0.5, 0.6) is 0 Å². The van der Waals surface area contributed by atoms with Gasteiger partial charge in [0.05, 0.1) is 6.04 Å². The van der Waals surface area contributed by atoms with Gasteiger partial charge in [-0.15, -0.1) is 0 Å². The lowest BCUT2D eigenvalue weighted by Crippen LogP contribution is -2.49. The van der Waals surface area contributed by atoms with E-state index in [1.165, 1.54) is 11.1 Å². The van der Waals surface area contributed by atoms with Gasteiger partial charge in [-0.05, 0) is 51.5 Å². The maximum absolute atomic E-state index is 12.7. The Morgan fingerprint density at radius 1 is 1.24 bits per heavy atom. The summed E-state index contributed by atoms with van der Waals surface area (Å²) in [5, 5.41) is 3.39. The molecule has 1 atom stereocenters. The summed E-state index contributed by atoms with van der Waals surface area (Å²) < 4.78 is 0. The zero-order valence-corrected chi connectivity index (χ0v) is 13.4. The van der Waals surface area contributed by atoms with Gasteiger partial charge in [-0.1, -0.05) is 24.3 Å². The highest BCUT2D eigenvalue weighted by molar-refractivity contribution is 5.82. The molecule has 0 fully saturated rings. The molecule has 4 nitrogen and oxygen atoms in total. The summed E-state index contributed by atoms with van der Waals surface area (Å²) in [6.45, 7) is 5.50. The molecule has 21 heavy (non-hydrogen) atoms. The zero-order valence-electron chi connectivity index (χ0n) is 13.4. The monoisotopic (exact) mass is 289 g/mol. The Balaban J connectivity index is 1.93. The predicted octanol–water partition coefficient (Wildman–Crippen LogP) is 1.50. The van der Waals surface area contributed by atoms with Gasteiger partial charge in [0.25, 0.3) is 0 Å². The fourth-order valence-corrected chi connectivity index (χ4v) is 2.85. The number of nitrogens with one attached hydrogen (secondary N) is 1. The number of carbonyl (C=O) groups excluding carboxylic acids is 1. The number of hydrogen-bond donors (Lipinski definition) is 1. The molecule has 0 radical (unpaired) electrons. The van der Waals surface area contributed by atoms with Crippen molar-refractivity contribution in [3.8, 4) is 0 Å². The summed E-state index contributed by atoms with van der Waals surface area (Å²) in [5.41, 5.74) is 2.62. The zero-order chi connectivity index (χ0) is 15.2. The number of carbonyl (C=O) groups is 1. The average molecular weight is 289 g/mol. The quantitative estimate of drug-likeness (QED) is 0.862. The van der Waals surface area contributed by atoms with Gasteiger partial charge in [0.1, 0.15) is 0 Å². The lowest BCUT2D eigenvalue weighted by Gasteiger charge is -2.30. The van der Waals surface area contributed by atoms with Gasteiger partial charge in [0.2, 0.25) is 5.91 Å². The molecule has 2 rings (SSSR count). The standard InChI is InChI=1S/C17H27N3O/c1-4-20(11-7-10-19(2)3)17(21)16-12-14-8-5-6-9-15(14)13-18-16/h5-6,8-9,16,18H,4,7,10-13H2,1-3H3. The van der Waals surface area contributed by atoms with Gasteiger partial charge >= 0.3 is 0 Å². The van der Waals surface area contributed by atoms with Crippen LogP contribution in [-0.2, 0) is 17.8 Å². The van der Waals surface area contributed by atoms with Crippen LogP contribution in [0.3, 0.4) is 0 Å². The van der Waals surface area contributed by atoms with E-state index in [1.807, 2.05) is 4.90 Å². The molecule has 0 spiro atoms. The molecule has 1 N–H and O–H groups in total. The normalized spacial score (nSPS) is 17.6. The second-order valence-corrected chi connectivity index (χ2v) is 5.98. The van der Waals surface area contributed by atoms with Crippen molar-refractivity contribution in [3.05, 3.63) is 35.4 Å². The van der Waals surface area contributed by atoms with E-state index in [4.69, 9.17) is 0 Å². The number of hydrogen-bond acceptors (Lipinski definition) is 3. The van der Waals surface area contributed by atoms with E-state index >= 15 is 0 Å². The molecule has 1 heterocycles. The third kappa shape index (κ3) is 4.29. The van der Waals surface area contributed by atoms with Crippen molar-refractivity contribution in [1.82, 2.24) is 15.1 Å². The number of rotatable bonds is 6. The minimum absolute atomic E-state index is 0.0702. The molecule has 0 aliphatic carbocycles. The first-order valence-corrected chi connectivity index (χ1v) is 7.85. The molecular weight excluding hydrogens is 262 g/mol. The maximum Gasteiger partial charge on any atom is 0.240 e. The topological polar surface area (TPSA) is 35.6 Å². The molecule has 0 saturated heterocycles. The van der Waals surface area contributed by atoms with Crippen LogP contribution in [0.15, 0.2) is 24.3 Å². The molecule has 0 bridgehead atoms. The second kappa shape index (κ2) is 7.57. The number of nitrogens with zero attached hydrogens (tertiary/aromatic N) is 2. The van der Waals surface area contributed by atoms with Gasteiger partial charge < -0.3 is 15.1 Å². The van der Waals surface area contributed by atoms with Crippen LogP contribution in [0, 0.1) is 0 Å². The van der Waals surface area contributed by atoms with Crippen LogP contribution < -0.4 is 5.32 Å². The summed E-state index contributed by atoms with van der Waals surface area (Å²) in [4.78, 5) is 16.8. The van der Waals surface area contributed by atoms with Gasteiger partial charge in [-0.2, -0.15) is 0 Å². The van der Waals surface area contributed by atoms with Crippen molar-refractivity contribution in [2.24, 2.45) is 0 Å². The van der Waals surface area contributed by atoms with E-state index in [0.29, 0.717) is 0 Å². The fraction of sp³-hybridized carbons (Fsp3) is 0.588. The van der Waals surface area contributed by atoms with Crippen LogP contribution in [0.25, 0.3) is 0 Å². The highest BCUT2D eigenvalue weighted by Gasteiger charge is 2.26. The van der Waals surface area contributed by atoms with Crippen molar-refractivity contribution in [1.29, 1.82) is 0 Å². The molecule has 0 aromatic heterocycles. The van der Waals surface area contributed by atoms with E-state index in [2.05, 4.69) is 55.5 Å². The molecule has 1 aliphatic rings. The Hall–Kier alpha value is -1.39. The highest BCUT2D eigenvalue weighted by atomic mass is 16.2. The molecule has 1 unspecified atom stereocenters. The molecule has 1 amide bonds. The molecule has 116 valence electrons. The Kier molecular flexibility index (Phi) is 5.76. The van der Waals surface area contributed by atoms with Crippen molar-refractivity contribution < 1.29 is 4.79 Å². The molecule has 1 aromatic carbocycles. The van der Waals surface area contributed by atoms with Crippen molar-refractivity contribution >= 4 is 5.91 Å². The van der Waals surface area contributed by atoms with Gasteiger partial charge in [-0.3, -0.25) is 4.79 Å². The Morgan fingerprint density at radius 2 is 1.95 bits per heavy atom. The van der Waals surface area contributed by atoms with E-state index in [9.17, 15) is 4.79 Å². The SMILES string of the molecule is CCN(CCCN(C)C)C(=O)C1Cc2ccccc2CN1. The first-order valence-electron chi connectivity index (χ1n) is 7.85. The number of fused-ring (bicyclic) bond motifs is 1.